The van der Waals surface area contributed by atoms with E-state index in [1.165, 1.54) is 0 Å². The summed E-state index contributed by atoms with van der Waals surface area (Å²) in [6, 6.07) is 5.59. The SMILES string of the molecule is CCCCOC(=O)/C=C/C(=O)Oc1cc(C)ccc1C. The van der Waals surface area contributed by atoms with Gasteiger partial charge in [0.25, 0.3) is 0 Å². The lowest BCUT2D eigenvalue weighted by atomic mass is 10.1. The van der Waals surface area contributed by atoms with Gasteiger partial charge in [-0.2, -0.15) is 0 Å². The third kappa shape index (κ3) is 5.69. The van der Waals surface area contributed by atoms with Crippen LogP contribution in [0.3, 0.4) is 0 Å². The molecule has 0 bridgehead atoms. The van der Waals surface area contributed by atoms with Crippen LogP contribution >= 0.6 is 0 Å². The van der Waals surface area contributed by atoms with Gasteiger partial charge in [0.15, 0.2) is 0 Å². The maximum atomic E-state index is 11.6. The molecule has 20 heavy (non-hydrogen) atoms. The molecule has 1 aromatic rings. The summed E-state index contributed by atoms with van der Waals surface area (Å²) in [5.41, 5.74) is 1.87. The zero-order valence-electron chi connectivity index (χ0n) is 12.1. The van der Waals surface area contributed by atoms with Crippen molar-refractivity contribution >= 4 is 11.9 Å². The Hall–Kier alpha value is -2.10. The van der Waals surface area contributed by atoms with Crippen LogP contribution < -0.4 is 4.74 Å². The Morgan fingerprint density at radius 3 is 2.55 bits per heavy atom. The number of hydrogen-bond donors (Lipinski definition) is 0. The van der Waals surface area contributed by atoms with E-state index >= 15 is 0 Å². The highest BCUT2D eigenvalue weighted by molar-refractivity contribution is 5.92. The summed E-state index contributed by atoms with van der Waals surface area (Å²) in [6.45, 7) is 6.14. The lowest BCUT2D eigenvalue weighted by Crippen LogP contribution is -2.08. The molecule has 1 aromatic carbocycles. The molecule has 108 valence electrons. The van der Waals surface area contributed by atoms with Crippen LogP contribution in [0.5, 0.6) is 5.75 Å². The highest BCUT2D eigenvalue weighted by atomic mass is 16.5. The first-order valence-electron chi connectivity index (χ1n) is 6.67. The summed E-state index contributed by atoms with van der Waals surface area (Å²) < 4.78 is 10.1. The minimum Gasteiger partial charge on any atom is -0.463 e. The van der Waals surface area contributed by atoms with Gasteiger partial charge < -0.3 is 9.47 Å². The van der Waals surface area contributed by atoms with Crippen molar-refractivity contribution in [2.45, 2.75) is 33.6 Å². The van der Waals surface area contributed by atoms with Crippen molar-refractivity contribution in [1.29, 1.82) is 0 Å². The number of benzene rings is 1. The number of aryl methyl sites for hydroxylation is 2. The van der Waals surface area contributed by atoms with E-state index in [4.69, 9.17) is 9.47 Å². The van der Waals surface area contributed by atoms with Crippen molar-refractivity contribution in [3.63, 3.8) is 0 Å². The molecule has 0 spiro atoms. The summed E-state index contributed by atoms with van der Waals surface area (Å²) in [4.78, 5) is 22.9. The van der Waals surface area contributed by atoms with E-state index in [0.29, 0.717) is 12.4 Å². The lowest BCUT2D eigenvalue weighted by molar-refractivity contribution is -0.138. The average Bonchev–Trinajstić information content (AvgIpc) is 2.41. The van der Waals surface area contributed by atoms with Crippen LogP contribution in [-0.2, 0) is 14.3 Å². The van der Waals surface area contributed by atoms with Crippen LogP contribution in [0.1, 0.15) is 30.9 Å². The van der Waals surface area contributed by atoms with Crippen molar-refractivity contribution in [2.24, 2.45) is 0 Å². The summed E-state index contributed by atoms with van der Waals surface area (Å²) in [6.07, 6.45) is 3.93. The Morgan fingerprint density at radius 2 is 1.85 bits per heavy atom. The summed E-state index contributed by atoms with van der Waals surface area (Å²) >= 11 is 0. The van der Waals surface area contributed by atoms with Crippen molar-refractivity contribution < 1.29 is 19.1 Å². The molecule has 0 saturated carbocycles. The van der Waals surface area contributed by atoms with E-state index in [1.54, 1.807) is 6.07 Å². The first kappa shape index (κ1) is 16.0. The number of ether oxygens (including phenoxy) is 2. The zero-order valence-corrected chi connectivity index (χ0v) is 12.1. The maximum Gasteiger partial charge on any atom is 0.336 e. The number of hydrogen-bond acceptors (Lipinski definition) is 4. The Labute approximate surface area is 119 Å². The first-order valence-corrected chi connectivity index (χ1v) is 6.67. The molecule has 0 saturated heterocycles. The third-order valence-electron chi connectivity index (χ3n) is 2.65. The Kier molecular flexibility index (Phi) is 6.50. The fraction of sp³-hybridized carbons (Fsp3) is 0.375. The van der Waals surface area contributed by atoms with Crippen LogP contribution in [0.2, 0.25) is 0 Å². The number of carbonyl (C=O) groups excluding carboxylic acids is 2. The zero-order chi connectivity index (χ0) is 15.0. The fourth-order valence-electron chi connectivity index (χ4n) is 1.46. The van der Waals surface area contributed by atoms with E-state index in [2.05, 4.69) is 0 Å². The van der Waals surface area contributed by atoms with Crippen molar-refractivity contribution in [3.05, 3.63) is 41.5 Å². The fourth-order valence-corrected chi connectivity index (χ4v) is 1.46. The largest absolute Gasteiger partial charge is 0.463 e. The summed E-state index contributed by atoms with van der Waals surface area (Å²) in [7, 11) is 0. The van der Waals surface area contributed by atoms with Gasteiger partial charge in [-0.1, -0.05) is 25.5 Å². The van der Waals surface area contributed by atoms with Gasteiger partial charge in [-0.05, 0) is 37.5 Å². The highest BCUT2D eigenvalue weighted by Gasteiger charge is 2.05. The predicted molar refractivity (Wildman–Crippen MR) is 76.6 cm³/mol. The van der Waals surface area contributed by atoms with Gasteiger partial charge in [0.1, 0.15) is 5.75 Å². The van der Waals surface area contributed by atoms with Crippen LogP contribution in [0.15, 0.2) is 30.4 Å². The Bertz CT molecular complexity index is 503. The van der Waals surface area contributed by atoms with E-state index in [9.17, 15) is 9.59 Å². The van der Waals surface area contributed by atoms with Crippen molar-refractivity contribution in [2.75, 3.05) is 6.61 Å². The van der Waals surface area contributed by atoms with Gasteiger partial charge in [0.05, 0.1) is 6.61 Å². The van der Waals surface area contributed by atoms with Gasteiger partial charge >= 0.3 is 11.9 Å². The van der Waals surface area contributed by atoms with Crippen LogP contribution in [-0.4, -0.2) is 18.5 Å². The molecule has 0 aliphatic heterocycles. The first-order chi connectivity index (χ1) is 9.52. The molecular weight excluding hydrogens is 256 g/mol. The quantitative estimate of drug-likeness (QED) is 0.347. The van der Waals surface area contributed by atoms with Crippen molar-refractivity contribution in [3.8, 4) is 5.75 Å². The molecule has 0 heterocycles. The molecule has 4 nitrogen and oxygen atoms in total. The minimum absolute atomic E-state index is 0.367. The summed E-state index contributed by atoms with van der Waals surface area (Å²) in [5.74, 6) is -0.624. The number of carbonyl (C=O) groups is 2. The van der Waals surface area contributed by atoms with Crippen LogP contribution in [0.4, 0.5) is 0 Å². The predicted octanol–water partition coefficient (Wildman–Crippen LogP) is 3.11. The smallest absolute Gasteiger partial charge is 0.336 e. The normalized spacial score (nSPS) is 10.6. The second-order valence-electron chi connectivity index (χ2n) is 4.54. The van der Waals surface area contributed by atoms with Gasteiger partial charge in [0.2, 0.25) is 0 Å². The minimum atomic E-state index is -0.592. The Balaban J connectivity index is 2.50. The second kappa shape index (κ2) is 8.15. The molecule has 0 radical (unpaired) electrons. The Morgan fingerprint density at radius 1 is 1.15 bits per heavy atom. The number of unbranched alkanes of at least 4 members (excludes halogenated alkanes) is 1. The molecule has 0 fully saturated rings. The van der Waals surface area contributed by atoms with Gasteiger partial charge in [-0.3, -0.25) is 0 Å². The maximum absolute atomic E-state index is 11.6. The average molecular weight is 276 g/mol. The molecule has 0 aromatic heterocycles. The second-order valence-corrected chi connectivity index (χ2v) is 4.54. The summed E-state index contributed by atoms with van der Waals surface area (Å²) in [5, 5.41) is 0. The van der Waals surface area contributed by atoms with Gasteiger partial charge in [-0.15, -0.1) is 0 Å². The topological polar surface area (TPSA) is 52.6 Å². The van der Waals surface area contributed by atoms with E-state index in [-0.39, 0.29) is 0 Å². The third-order valence-corrected chi connectivity index (χ3v) is 2.65. The van der Waals surface area contributed by atoms with Crippen LogP contribution in [0.25, 0.3) is 0 Å². The monoisotopic (exact) mass is 276 g/mol. The van der Waals surface area contributed by atoms with Gasteiger partial charge in [0, 0.05) is 12.2 Å². The molecule has 0 unspecified atom stereocenters. The van der Waals surface area contributed by atoms with Gasteiger partial charge in [-0.25, -0.2) is 9.59 Å². The highest BCUT2D eigenvalue weighted by Crippen LogP contribution is 2.19. The van der Waals surface area contributed by atoms with E-state index in [1.807, 2.05) is 32.9 Å². The molecule has 0 N–H and O–H groups in total. The molecule has 0 amide bonds. The standard InChI is InChI=1S/C16H20O4/c1-4-5-10-19-15(17)8-9-16(18)20-14-11-12(2)6-7-13(14)3/h6-9,11H,4-5,10H2,1-3H3/b9-8+. The molecule has 1 rings (SSSR count). The van der Waals surface area contributed by atoms with Crippen molar-refractivity contribution in [1.82, 2.24) is 0 Å². The molecule has 0 atom stereocenters. The van der Waals surface area contributed by atoms with E-state index < -0.39 is 11.9 Å². The molecule has 4 heteroatoms. The number of rotatable bonds is 6. The number of esters is 2. The molecular formula is C16H20O4. The van der Waals surface area contributed by atoms with E-state index in [0.717, 1.165) is 36.1 Å². The van der Waals surface area contributed by atoms with Crippen LogP contribution in [0, 0.1) is 13.8 Å². The molecule has 0 aliphatic rings. The lowest BCUT2D eigenvalue weighted by Gasteiger charge is -2.06. The molecule has 0 aliphatic carbocycles.